The van der Waals surface area contributed by atoms with Crippen LogP contribution in [0, 0.1) is 5.82 Å². The molecule has 1 N–H and O–H groups in total. The molecule has 13 heteroatoms. The monoisotopic (exact) mass is 458 g/mol. The molecule has 8 nitrogen and oxygen atoms in total. The number of benzene rings is 1. The number of methoxy groups -OCH3 is 1. The molecule has 1 atom stereocenters. The van der Waals surface area contributed by atoms with Gasteiger partial charge in [-0.25, -0.2) is 9.49 Å². The van der Waals surface area contributed by atoms with Crippen LogP contribution in [-0.2, 0) is 24.0 Å². The lowest BCUT2D eigenvalue weighted by atomic mass is 10.0. The summed E-state index contributed by atoms with van der Waals surface area (Å²) in [6, 6.07) is 2.40. The maximum Gasteiger partial charge on any atom is 0.416 e. The van der Waals surface area contributed by atoms with Gasteiger partial charge in [-0.2, -0.15) is 18.3 Å². The Morgan fingerprint density at radius 2 is 2.03 bits per heavy atom. The minimum atomic E-state index is -4.78. The molecule has 0 aliphatic carbocycles. The van der Waals surface area contributed by atoms with E-state index in [0.717, 1.165) is 12.1 Å². The second-order valence-electron chi connectivity index (χ2n) is 6.79. The van der Waals surface area contributed by atoms with Crippen molar-refractivity contribution in [1.29, 1.82) is 0 Å². The summed E-state index contributed by atoms with van der Waals surface area (Å²) < 4.78 is 61.0. The molecular weight excluding hydrogens is 444 g/mol. The molecule has 3 aromatic rings. The molecule has 31 heavy (non-hydrogen) atoms. The maximum atomic E-state index is 13.5. The first-order valence-electron chi connectivity index (χ1n) is 9.00. The van der Waals surface area contributed by atoms with Gasteiger partial charge in [0.15, 0.2) is 11.6 Å². The van der Waals surface area contributed by atoms with Crippen LogP contribution in [0.15, 0.2) is 29.2 Å². The standard InChI is InChI=1S/C18H15ClF4N6O2/c1-31-15(10-3-2-9(20)6-11(10)18(21,22)23)16-26-25-13-8-28(4-5-29(13)16)12-7-24-27-17(30)14(12)19/h2-3,6-7,15H,4-5,8H2,1H3,(H,27,30). The third kappa shape index (κ3) is 3.88. The third-order valence-corrected chi connectivity index (χ3v) is 5.34. The molecule has 0 fully saturated rings. The molecule has 0 radical (unpaired) electrons. The van der Waals surface area contributed by atoms with Crippen LogP contribution >= 0.6 is 11.6 Å². The Kier molecular flexibility index (Phi) is 5.43. The zero-order valence-electron chi connectivity index (χ0n) is 16.0. The molecule has 3 heterocycles. The van der Waals surface area contributed by atoms with Crippen LogP contribution in [0.25, 0.3) is 0 Å². The summed E-state index contributed by atoms with van der Waals surface area (Å²) in [5.74, 6) is -0.409. The van der Waals surface area contributed by atoms with Crippen LogP contribution in [0.2, 0.25) is 5.02 Å². The van der Waals surface area contributed by atoms with E-state index in [1.54, 1.807) is 9.47 Å². The Hall–Kier alpha value is -2.99. The van der Waals surface area contributed by atoms with Crippen molar-refractivity contribution in [2.45, 2.75) is 25.4 Å². The second-order valence-corrected chi connectivity index (χ2v) is 7.17. The first kappa shape index (κ1) is 21.2. The molecule has 164 valence electrons. The van der Waals surface area contributed by atoms with E-state index < -0.39 is 29.2 Å². The van der Waals surface area contributed by atoms with Gasteiger partial charge < -0.3 is 14.2 Å². The number of aromatic nitrogens is 5. The van der Waals surface area contributed by atoms with Gasteiger partial charge in [-0.3, -0.25) is 4.79 Å². The van der Waals surface area contributed by atoms with Crippen LogP contribution in [0.4, 0.5) is 23.2 Å². The molecule has 1 unspecified atom stereocenters. The number of anilines is 1. The number of nitrogens with zero attached hydrogens (tertiary/aromatic N) is 5. The van der Waals surface area contributed by atoms with Crippen molar-refractivity contribution < 1.29 is 22.3 Å². The van der Waals surface area contributed by atoms with Gasteiger partial charge in [-0.05, 0) is 12.1 Å². The molecular formula is C18H15ClF4N6O2. The van der Waals surface area contributed by atoms with E-state index in [2.05, 4.69) is 20.4 Å². The molecule has 4 rings (SSSR count). The summed E-state index contributed by atoms with van der Waals surface area (Å²) >= 11 is 6.06. The van der Waals surface area contributed by atoms with Crippen molar-refractivity contribution >= 4 is 17.3 Å². The summed E-state index contributed by atoms with van der Waals surface area (Å²) in [5.41, 5.74) is -1.55. The Labute approximate surface area is 177 Å². The fourth-order valence-electron chi connectivity index (χ4n) is 3.55. The van der Waals surface area contributed by atoms with E-state index in [0.29, 0.717) is 30.7 Å². The fraction of sp³-hybridized carbons (Fsp3) is 0.333. The number of ether oxygens (including phenoxy) is 1. The lowest BCUT2D eigenvalue weighted by Gasteiger charge is -2.30. The van der Waals surface area contributed by atoms with Crippen LogP contribution in [0.3, 0.4) is 0 Å². The number of hydrogen-bond acceptors (Lipinski definition) is 6. The maximum absolute atomic E-state index is 13.5. The van der Waals surface area contributed by atoms with Crippen molar-refractivity contribution in [3.63, 3.8) is 0 Å². The van der Waals surface area contributed by atoms with E-state index in [1.807, 2.05) is 0 Å². The van der Waals surface area contributed by atoms with Gasteiger partial charge in [0.05, 0.1) is 24.0 Å². The van der Waals surface area contributed by atoms with E-state index in [1.165, 1.54) is 13.3 Å². The number of halogens is 5. The number of alkyl halides is 3. The minimum Gasteiger partial charge on any atom is -0.369 e. The quantitative estimate of drug-likeness (QED) is 0.605. The SMILES string of the molecule is COC(c1ccc(F)cc1C(F)(F)F)c1nnc2n1CCN(c1cn[nH]c(=O)c1Cl)C2. The van der Waals surface area contributed by atoms with Crippen LogP contribution in [-0.4, -0.2) is 38.6 Å². The van der Waals surface area contributed by atoms with Crippen LogP contribution < -0.4 is 10.5 Å². The van der Waals surface area contributed by atoms with Crippen molar-refractivity contribution in [2.24, 2.45) is 0 Å². The zero-order chi connectivity index (χ0) is 22.3. The Morgan fingerprint density at radius 1 is 1.26 bits per heavy atom. The first-order valence-corrected chi connectivity index (χ1v) is 9.38. The molecule has 0 saturated heterocycles. The van der Waals surface area contributed by atoms with Crippen molar-refractivity contribution in [2.75, 3.05) is 18.6 Å². The molecule has 1 aliphatic rings. The van der Waals surface area contributed by atoms with Crippen molar-refractivity contribution in [1.82, 2.24) is 25.0 Å². The number of nitrogens with one attached hydrogen (secondary N) is 1. The summed E-state index contributed by atoms with van der Waals surface area (Å²) in [7, 11) is 1.24. The number of H-pyrrole nitrogens is 1. The lowest BCUT2D eigenvalue weighted by molar-refractivity contribution is -0.139. The van der Waals surface area contributed by atoms with Crippen LogP contribution in [0.5, 0.6) is 0 Å². The number of fused-ring (bicyclic) bond motifs is 1. The summed E-state index contributed by atoms with van der Waals surface area (Å²) in [5, 5.41) is 14.1. The lowest BCUT2D eigenvalue weighted by Crippen LogP contribution is -2.36. The average Bonchev–Trinajstić information content (AvgIpc) is 3.14. The average molecular weight is 459 g/mol. The van der Waals surface area contributed by atoms with Gasteiger partial charge in [0, 0.05) is 25.8 Å². The van der Waals surface area contributed by atoms with E-state index in [4.69, 9.17) is 16.3 Å². The summed E-state index contributed by atoms with van der Waals surface area (Å²) in [4.78, 5) is 13.5. The molecule has 2 aromatic heterocycles. The Bertz CT molecular complexity index is 1180. The molecule has 0 saturated carbocycles. The molecule has 0 bridgehead atoms. The van der Waals surface area contributed by atoms with Gasteiger partial charge in [-0.15, -0.1) is 10.2 Å². The largest absolute Gasteiger partial charge is 0.416 e. The molecule has 1 aliphatic heterocycles. The van der Waals surface area contributed by atoms with Crippen molar-refractivity contribution in [3.05, 3.63) is 68.4 Å². The highest BCUT2D eigenvalue weighted by Crippen LogP contribution is 2.38. The molecule has 0 amide bonds. The number of rotatable bonds is 4. The van der Waals surface area contributed by atoms with Gasteiger partial charge in [0.25, 0.3) is 5.56 Å². The second kappa shape index (κ2) is 7.93. The van der Waals surface area contributed by atoms with E-state index >= 15 is 0 Å². The first-order chi connectivity index (χ1) is 14.7. The Balaban J connectivity index is 1.70. The Morgan fingerprint density at radius 3 is 2.74 bits per heavy atom. The zero-order valence-corrected chi connectivity index (χ0v) is 16.7. The molecule has 0 spiro atoms. The number of hydrogen-bond donors (Lipinski definition) is 1. The van der Waals surface area contributed by atoms with Crippen LogP contribution in [0.1, 0.15) is 28.9 Å². The summed E-state index contributed by atoms with van der Waals surface area (Å²) in [6.45, 7) is 0.863. The highest BCUT2D eigenvalue weighted by molar-refractivity contribution is 6.32. The molecule has 1 aromatic carbocycles. The van der Waals surface area contributed by atoms with Gasteiger partial charge in [0.2, 0.25) is 0 Å². The predicted molar refractivity (Wildman–Crippen MR) is 101 cm³/mol. The smallest absolute Gasteiger partial charge is 0.369 e. The van der Waals surface area contributed by atoms with Gasteiger partial charge >= 0.3 is 6.18 Å². The van der Waals surface area contributed by atoms with Gasteiger partial charge in [-0.1, -0.05) is 17.7 Å². The summed E-state index contributed by atoms with van der Waals surface area (Å²) in [6.07, 6.45) is -4.59. The van der Waals surface area contributed by atoms with E-state index in [-0.39, 0.29) is 23.0 Å². The number of aromatic amines is 1. The highest BCUT2D eigenvalue weighted by Gasteiger charge is 2.38. The topological polar surface area (TPSA) is 88.9 Å². The fourth-order valence-corrected chi connectivity index (χ4v) is 3.76. The predicted octanol–water partition coefficient (Wildman–Crippen LogP) is 2.93. The highest BCUT2D eigenvalue weighted by atomic mass is 35.5. The third-order valence-electron chi connectivity index (χ3n) is 4.97. The van der Waals surface area contributed by atoms with Gasteiger partial charge in [0.1, 0.15) is 16.9 Å². The van der Waals surface area contributed by atoms with Crippen molar-refractivity contribution in [3.8, 4) is 0 Å². The minimum absolute atomic E-state index is 0.0286. The van der Waals surface area contributed by atoms with E-state index in [9.17, 15) is 22.4 Å². The normalized spacial score (nSPS) is 15.1.